The van der Waals surface area contributed by atoms with Gasteiger partial charge in [-0.1, -0.05) is 25.0 Å². The van der Waals surface area contributed by atoms with Crippen LogP contribution in [0, 0.1) is 5.92 Å². The number of carbonyl (C=O) groups is 2. The average Bonchev–Trinajstić information content (AvgIpc) is 3.20. The van der Waals surface area contributed by atoms with Crippen molar-refractivity contribution in [1.82, 2.24) is 9.80 Å². The highest BCUT2D eigenvalue weighted by molar-refractivity contribution is 5.91. The molecule has 7 heteroatoms. The highest BCUT2D eigenvalue weighted by Gasteiger charge is 2.21. The van der Waals surface area contributed by atoms with Gasteiger partial charge in [0.2, 0.25) is 0 Å². The summed E-state index contributed by atoms with van der Waals surface area (Å²) in [6, 6.07) is 7.06. The molecule has 0 spiro atoms. The molecule has 2 aliphatic rings. The number of amides is 3. The molecule has 0 unspecified atom stereocenters. The maximum Gasteiger partial charge on any atom is 0.321 e. The van der Waals surface area contributed by atoms with E-state index in [1.54, 1.807) is 21.9 Å². The van der Waals surface area contributed by atoms with E-state index >= 15 is 0 Å². The third-order valence-electron chi connectivity index (χ3n) is 5.20. The summed E-state index contributed by atoms with van der Waals surface area (Å²) in [5, 5.41) is 2.90. The second-order valence-corrected chi connectivity index (χ2v) is 7.24. The average molecular weight is 375 g/mol. The molecule has 1 aliphatic heterocycles. The van der Waals surface area contributed by atoms with Crippen molar-refractivity contribution >= 4 is 17.6 Å². The Labute approximate surface area is 160 Å². The lowest BCUT2D eigenvalue weighted by molar-refractivity contribution is -0.137. The Bertz CT molecular complexity index is 640. The monoisotopic (exact) mass is 375 g/mol. The van der Waals surface area contributed by atoms with Gasteiger partial charge in [-0.3, -0.25) is 4.79 Å². The Morgan fingerprint density at radius 3 is 2.67 bits per heavy atom. The minimum absolute atomic E-state index is 0.0508. The molecule has 148 valence electrons. The first kappa shape index (κ1) is 19.5. The van der Waals surface area contributed by atoms with Crippen LogP contribution in [0.4, 0.5) is 10.5 Å². The van der Waals surface area contributed by atoms with Crippen LogP contribution < -0.4 is 10.1 Å². The van der Waals surface area contributed by atoms with Crippen molar-refractivity contribution < 1.29 is 19.1 Å². The van der Waals surface area contributed by atoms with Gasteiger partial charge in [0.1, 0.15) is 5.75 Å². The van der Waals surface area contributed by atoms with Crippen molar-refractivity contribution in [2.24, 2.45) is 5.92 Å². The standard InChI is InChI=1S/C20H29N3O4/c1-22(14-16-6-2-3-7-16)20(25)21-17-8-4-5-9-18(17)27-15-19(24)23-10-12-26-13-11-23/h4-5,8-9,16H,2-3,6-7,10-15H2,1H3,(H,21,25). The molecule has 1 heterocycles. The Morgan fingerprint density at radius 2 is 1.93 bits per heavy atom. The summed E-state index contributed by atoms with van der Waals surface area (Å²) in [5.41, 5.74) is 0.579. The van der Waals surface area contributed by atoms with Gasteiger partial charge < -0.3 is 24.6 Å². The molecule has 1 N–H and O–H groups in total. The Balaban J connectivity index is 1.53. The number of morpholine rings is 1. The molecule has 1 aromatic rings. The Kier molecular flexibility index (Phi) is 6.92. The van der Waals surface area contributed by atoms with E-state index in [4.69, 9.17) is 9.47 Å². The van der Waals surface area contributed by atoms with Crippen LogP contribution in [0.2, 0.25) is 0 Å². The minimum Gasteiger partial charge on any atom is -0.482 e. The number of hydrogen-bond donors (Lipinski definition) is 1. The lowest BCUT2D eigenvalue weighted by Gasteiger charge is -2.27. The third-order valence-corrected chi connectivity index (χ3v) is 5.20. The van der Waals surface area contributed by atoms with E-state index in [-0.39, 0.29) is 18.5 Å². The second kappa shape index (κ2) is 9.60. The summed E-state index contributed by atoms with van der Waals surface area (Å²) >= 11 is 0. The van der Waals surface area contributed by atoms with Crippen LogP contribution in [0.3, 0.4) is 0 Å². The Hall–Kier alpha value is -2.28. The number of anilines is 1. The van der Waals surface area contributed by atoms with Crippen molar-refractivity contribution in [2.45, 2.75) is 25.7 Å². The fourth-order valence-corrected chi connectivity index (χ4v) is 3.61. The van der Waals surface area contributed by atoms with Crippen molar-refractivity contribution in [1.29, 1.82) is 0 Å². The van der Waals surface area contributed by atoms with Crippen LogP contribution in [0.25, 0.3) is 0 Å². The second-order valence-electron chi connectivity index (χ2n) is 7.24. The number of carbonyl (C=O) groups excluding carboxylic acids is 2. The van der Waals surface area contributed by atoms with E-state index in [0.29, 0.717) is 43.7 Å². The number of benzene rings is 1. The zero-order chi connectivity index (χ0) is 19.1. The number of para-hydroxylation sites is 2. The summed E-state index contributed by atoms with van der Waals surface area (Å²) in [7, 11) is 1.82. The van der Waals surface area contributed by atoms with Crippen molar-refractivity contribution in [3.05, 3.63) is 24.3 Å². The lowest BCUT2D eigenvalue weighted by atomic mass is 10.1. The molecule has 0 atom stereocenters. The van der Waals surface area contributed by atoms with Crippen LogP contribution in [0.15, 0.2) is 24.3 Å². The molecular formula is C20H29N3O4. The smallest absolute Gasteiger partial charge is 0.321 e. The first-order valence-electron chi connectivity index (χ1n) is 9.73. The highest BCUT2D eigenvalue weighted by atomic mass is 16.5. The van der Waals surface area contributed by atoms with Gasteiger partial charge in [-0.05, 0) is 30.9 Å². The molecule has 1 saturated heterocycles. The maximum atomic E-state index is 12.5. The quantitative estimate of drug-likeness (QED) is 0.830. The van der Waals surface area contributed by atoms with Crippen molar-refractivity contribution in [3.63, 3.8) is 0 Å². The van der Waals surface area contributed by atoms with Gasteiger partial charge in [-0.15, -0.1) is 0 Å². The molecule has 3 rings (SSSR count). The largest absolute Gasteiger partial charge is 0.482 e. The molecular weight excluding hydrogens is 346 g/mol. The predicted molar refractivity (Wildman–Crippen MR) is 103 cm³/mol. The topological polar surface area (TPSA) is 71.1 Å². The van der Waals surface area contributed by atoms with Crippen molar-refractivity contribution in [3.8, 4) is 5.75 Å². The van der Waals surface area contributed by atoms with E-state index in [2.05, 4.69) is 5.32 Å². The van der Waals surface area contributed by atoms with Gasteiger partial charge in [0.05, 0.1) is 18.9 Å². The molecule has 1 aromatic carbocycles. The van der Waals surface area contributed by atoms with Crippen LogP contribution in [0.5, 0.6) is 5.75 Å². The summed E-state index contributed by atoms with van der Waals surface area (Å²) in [5.74, 6) is 1.03. The number of ether oxygens (including phenoxy) is 2. The van der Waals surface area contributed by atoms with E-state index in [9.17, 15) is 9.59 Å². The summed E-state index contributed by atoms with van der Waals surface area (Å²) in [4.78, 5) is 28.2. The molecule has 2 fully saturated rings. The van der Waals surface area contributed by atoms with Gasteiger partial charge in [-0.25, -0.2) is 4.79 Å². The third kappa shape index (κ3) is 5.60. The zero-order valence-electron chi connectivity index (χ0n) is 16.0. The summed E-state index contributed by atoms with van der Waals surface area (Å²) < 4.78 is 11.0. The number of nitrogens with zero attached hydrogens (tertiary/aromatic N) is 2. The maximum absolute atomic E-state index is 12.5. The predicted octanol–water partition coefficient (Wildman–Crippen LogP) is 2.58. The van der Waals surface area contributed by atoms with E-state index in [1.807, 2.05) is 19.2 Å². The van der Waals surface area contributed by atoms with E-state index < -0.39 is 0 Å². The minimum atomic E-state index is -0.155. The molecule has 1 aliphatic carbocycles. The van der Waals surface area contributed by atoms with Crippen LogP contribution in [-0.2, 0) is 9.53 Å². The lowest BCUT2D eigenvalue weighted by Crippen LogP contribution is -2.43. The van der Waals surface area contributed by atoms with Gasteiger partial charge >= 0.3 is 6.03 Å². The molecule has 1 saturated carbocycles. The van der Waals surface area contributed by atoms with Crippen LogP contribution >= 0.6 is 0 Å². The fraction of sp³-hybridized carbons (Fsp3) is 0.600. The molecule has 3 amide bonds. The van der Waals surface area contributed by atoms with Crippen LogP contribution in [0.1, 0.15) is 25.7 Å². The number of urea groups is 1. The SMILES string of the molecule is CN(CC1CCCC1)C(=O)Nc1ccccc1OCC(=O)N1CCOCC1. The fourth-order valence-electron chi connectivity index (χ4n) is 3.61. The van der Waals surface area contributed by atoms with Gasteiger partial charge in [0, 0.05) is 26.7 Å². The highest BCUT2D eigenvalue weighted by Crippen LogP contribution is 2.27. The van der Waals surface area contributed by atoms with Crippen LogP contribution in [-0.4, -0.2) is 68.2 Å². The first-order valence-corrected chi connectivity index (χ1v) is 9.73. The molecule has 0 aromatic heterocycles. The number of hydrogen-bond acceptors (Lipinski definition) is 4. The van der Waals surface area contributed by atoms with E-state index in [0.717, 1.165) is 6.54 Å². The Morgan fingerprint density at radius 1 is 1.22 bits per heavy atom. The van der Waals surface area contributed by atoms with Gasteiger partial charge in [0.15, 0.2) is 6.61 Å². The number of nitrogens with one attached hydrogen (secondary N) is 1. The zero-order valence-corrected chi connectivity index (χ0v) is 16.0. The summed E-state index contributed by atoms with van der Waals surface area (Å²) in [6.07, 6.45) is 4.91. The van der Waals surface area contributed by atoms with E-state index in [1.165, 1.54) is 25.7 Å². The number of rotatable bonds is 6. The summed E-state index contributed by atoms with van der Waals surface area (Å²) in [6.45, 7) is 3.02. The van der Waals surface area contributed by atoms with Gasteiger partial charge in [-0.2, -0.15) is 0 Å². The van der Waals surface area contributed by atoms with Crippen molar-refractivity contribution in [2.75, 3.05) is 51.8 Å². The normalized spacial score (nSPS) is 17.6. The molecule has 0 radical (unpaired) electrons. The first-order chi connectivity index (χ1) is 13.1. The molecule has 0 bridgehead atoms. The van der Waals surface area contributed by atoms with Gasteiger partial charge in [0.25, 0.3) is 5.91 Å². The molecule has 27 heavy (non-hydrogen) atoms. The molecule has 7 nitrogen and oxygen atoms in total.